The molecule has 2 aliphatic heterocycles. The molecule has 1 aromatic carbocycles. The normalized spacial score (nSPS) is 22.5. The zero-order valence-electron chi connectivity index (χ0n) is 30.2. The number of nitrogens with zero attached hydrogens (tertiary/aromatic N) is 7. The van der Waals surface area contributed by atoms with Crippen LogP contribution in [0.3, 0.4) is 0 Å². The predicted molar refractivity (Wildman–Crippen MR) is 201 cm³/mol. The monoisotopic (exact) mass is 895 g/mol. The number of hydrogen-bond acceptors (Lipinski definition) is 17. The Balaban J connectivity index is 1.12. The molecule has 0 aliphatic carbocycles. The van der Waals surface area contributed by atoms with Crippen molar-refractivity contribution < 1.29 is 51.4 Å². The second-order valence-electron chi connectivity index (χ2n) is 13.9. The standard InChI is InChI=1S/C33H35BrClN9O12S/c1-33(2,3)56-32(50)43-7-4-5-22(21(43)9-16(45)12-42-14-39-20-11-18(34)19(35)10-17(20)29(42)48)55-31(49)41-57(51,52)53-8-6-23-25(46)26(47)30(54-23)44-15-40-24-27(36)37-13-38-28(24)44/h10-11,13-15,21-23,25-26,30,46-47H,4-5,7,9,12H2,1-3H3,(H,41,49)(H2,36,37,38)/t21?,22?,23?,25-,26-,30-/m1/s1. The highest BCUT2D eigenvalue weighted by Gasteiger charge is 2.44. The lowest BCUT2D eigenvalue weighted by Gasteiger charge is -2.40. The number of benzene rings is 1. The number of likely N-dealkylation sites (tertiary alicyclic amines) is 1. The lowest BCUT2D eigenvalue weighted by Crippen LogP contribution is -2.55. The number of nitrogens with two attached hydrogens (primary N) is 1. The van der Waals surface area contributed by atoms with E-state index in [2.05, 4.69) is 46.0 Å². The number of imidazole rings is 1. The summed E-state index contributed by atoms with van der Waals surface area (Å²) in [7, 11) is -4.98. The van der Waals surface area contributed by atoms with E-state index in [1.54, 1.807) is 31.6 Å². The van der Waals surface area contributed by atoms with Crippen LogP contribution in [0.25, 0.3) is 22.1 Å². The second-order valence-corrected chi connectivity index (χ2v) is 16.5. The summed E-state index contributed by atoms with van der Waals surface area (Å²) in [6, 6.07) is 1.84. The van der Waals surface area contributed by atoms with E-state index >= 15 is 0 Å². The summed E-state index contributed by atoms with van der Waals surface area (Å²) in [6.07, 6.45) is -4.08. The molecule has 2 saturated heterocycles. The van der Waals surface area contributed by atoms with E-state index in [1.165, 1.54) is 28.2 Å². The first-order valence-corrected chi connectivity index (χ1v) is 19.6. The molecule has 57 heavy (non-hydrogen) atoms. The largest absolute Gasteiger partial charge is 0.444 e. The Morgan fingerprint density at radius 2 is 1.89 bits per heavy atom. The van der Waals surface area contributed by atoms with Gasteiger partial charge in [0, 0.05) is 17.4 Å². The minimum absolute atomic E-state index is 0.0635. The zero-order valence-corrected chi connectivity index (χ0v) is 33.4. The van der Waals surface area contributed by atoms with E-state index < -0.39 is 89.1 Å². The molecule has 6 atom stereocenters. The van der Waals surface area contributed by atoms with Crippen LogP contribution in [0, 0.1) is 12.0 Å². The zero-order chi connectivity index (χ0) is 41.4. The number of nitrogen functional groups attached to an aromatic ring is 1. The van der Waals surface area contributed by atoms with Crippen LogP contribution in [0.1, 0.15) is 46.3 Å². The average Bonchev–Trinajstić information content (AvgIpc) is 3.67. The maximum absolute atomic E-state index is 13.5. The van der Waals surface area contributed by atoms with Crippen molar-refractivity contribution in [2.45, 2.75) is 88.9 Å². The number of carbonyl (C=O) groups excluding carboxylic acids is 3. The van der Waals surface area contributed by atoms with Gasteiger partial charge in [0.05, 0.1) is 41.2 Å². The van der Waals surface area contributed by atoms with Crippen LogP contribution in [-0.2, 0) is 40.0 Å². The number of anilines is 1. The van der Waals surface area contributed by atoms with Crippen molar-refractivity contribution in [3.05, 3.63) is 51.0 Å². The number of amides is 2. The van der Waals surface area contributed by atoms with Gasteiger partial charge in [0.25, 0.3) is 5.56 Å². The van der Waals surface area contributed by atoms with Gasteiger partial charge in [-0.2, -0.15) is 13.1 Å². The molecule has 4 aromatic rings. The molecular weight excluding hydrogens is 862 g/mol. The number of halogens is 2. The van der Waals surface area contributed by atoms with Crippen LogP contribution in [-0.4, -0.2) is 113 Å². The molecule has 2 aliphatic rings. The molecule has 2 amide bonds. The van der Waals surface area contributed by atoms with Gasteiger partial charge < -0.3 is 39.2 Å². The summed E-state index contributed by atoms with van der Waals surface area (Å²) in [5.41, 5.74) is 5.06. The van der Waals surface area contributed by atoms with Crippen LogP contribution < -0.4 is 16.0 Å². The highest BCUT2D eigenvalue weighted by molar-refractivity contribution is 9.10. The number of fused-ring (bicyclic) bond motifs is 2. The molecule has 0 bridgehead atoms. The van der Waals surface area contributed by atoms with Gasteiger partial charge in [-0.15, -0.1) is 0 Å². The van der Waals surface area contributed by atoms with Gasteiger partial charge in [0.1, 0.15) is 41.9 Å². The molecule has 5 heterocycles. The number of nitrogens with one attached hydrogen (secondary N) is 1. The number of Topliss-reactive ketones (excluding diaryl/α,β-unsaturated/α-hetero) is 1. The Hall–Kier alpha value is -5.12. The highest BCUT2D eigenvalue weighted by Crippen LogP contribution is 2.32. The van der Waals surface area contributed by atoms with Gasteiger partial charge in [0.15, 0.2) is 29.6 Å². The molecular formula is C33H35BrClN9O12S. The number of ether oxygens (including phenoxy) is 3. The predicted octanol–water partition coefficient (Wildman–Crippen LogP) is 1.53. The molecule has 0 radical (unpaired) electrons. The molecule has 5 N–H and O–H groups in total. The van der Waals surface area contributed by atoms with Gasteiger partial charge in [0.2, 0.25) is 0 Å². The molecule has 3 aromatic heterocycles. The van der Waals surface area contributed by atoms with Crippen molar-refractivity contribution in [3.8, 4) is 12.0 Å². The van der Waals surface area contributed by atoms with Crippen molar-refractivity contribution in [2.24, 2.45) is 0 Å². The Morgan fingerprint density at radius 3 is 2.63 bits per heavy atom. The molecule has 0 spiro atoms. The Bertz CT molecular complexity index is 2470. The third-order valence-corrected chi connectivity index (χ3v) is 10.6. The number of aliphatic hydroxyl groups is 2. The maximum atomic E-state index is 13.5. The quantitative estimate of drug-likeness (QED) is 0.183. The summed E-state index contributed by atoms with van der Waals surface area (Å²) in [5.74, 6) is 1.74. The Morgan fingerprint density at radius 1 is 1.14 bits per heavy atom. The van der Waals surface area contributed by atoms with Crippen LogP contribution in [0.5, 0.6) is 0 Å². The maximum Gasteiger partial charge on any atom is 0.423 e. The van der Waals surface area contributed by atoms with E-state index in [0.717, 1.165) is 10.9 Å². The number of rotatable bonds is 8. The molecule has 304 valence electrons. The van der Waals surface area contributed by atoms with Crippen LogP contribution >= 0.6 is 27.5 Å². The molecule has 6 rings (SSSR count). The van der Waals surface area contributed by atoms with E-state index in [4.69, 9.17) is 31.5 Å². The van der Waals surface area contributed by atoms with Crippen LogP contribution in [0.15, 0.2) is 40.4 Å². The lowest BCUT2D eigenvalue weighted by atomic mass is 9.94. The average molecular weight is 897 g/mol. The molecule has 24 heteroatoms. The van der Waals surface area contributed by atoms with Gasteiger partial charge in [-0.1, -0.05) is 11.6 Å². The SMILES string of the molecule is CC(C)(C)OC(=O)N1CCCC(OC(=O)NS(=O)(=O)OC#CC2O[C@@H](n3cnc4c(N)ncnc43)[C@H](O)[C@@H]2O)C1CC(=O)Cn1cnc2cc(Br)c(Cl)cc2c1=O. The molecule has 0 saturated carbocycles. The van der Waals surface area contributed by atoms with Gasteiger partial charge >= 0.3 is 22.5 Å². The van der Waals surface area contributed by atoms with Crippen LogP contribution in [0.4, 0.5) is 15.4 Å². The topological polar surface area (TPSA) is 283 Å². The third-order valence-electron chi connectivity index (χ3n) is 8.71. The van der Waals surface area contributed by atoms with E-state index in [-0.39, 0.29) is 46.8 Å². The van der Waals surface area contributed by atoms with Crippen molar-refractivity contribution in [1.29, 1.82) is 0 Å². The van der Waals surface area contributed by atoms with Crippen LogP contribution in [0.2, 0.25) is 5.02 Å². The first-order valence-electron chi connectivity index (χ1n) is 17.0. The van der Waals surface area contributed by atoms with Crippen molar-refractivity contribution >= 4 is 83.7 Å². The Labute approximate surface area is 336 Å². The summed E-state index contributed by atoms with van der Waals surface area (Å²) in [5, 5.41) is 21.6. The third kappa shape index (κ3) is 9.37. The smallest absolute Gasteiger partial charge is 0.423 e. The summed E-state index contributed by atoms with van der Waals surface area (Å²) in [4.78, 5) is 70.3. The minimum Gasteiger partial charge on any atom is -0.444 e. The van der Waals surface area contributed by atoms with Crippen molar-refractivity contribution in [1.82, 2.24) is 38.7 Å². The van der Waals surface area contributed by atoms with Gasteiger partial charge in [-0.25, -0.2) is 29.5 Å². The Kier molecular flexibility index (Phi) is 11.9. The summed E-state index contributed by atoms with van der Waals surface area (Å²) in [6.45, 7) is 4.57. The minimum atomic E-state index is -4.98. The molecule has 3 unspecified atom stereocenters. The number of ketones is 1. The van der Waals surface area contributed by atoms with Crippen molar-refractivity contribution in [3.63, 3.8) is 0 Å². The van der Waals surface area contributed by atoms with E-state index in [0.29, 0.717) is 9.99 Å². The number of carbonyl (C=O) groups is 3. The number of aliphatic hydroxyl groups excluding tert-OH is 2. The lowest BCUT2D eigenvalue weighted by molar-refractivity contribution is -0.122. The second kappa shape index (κ2) is 16.4. The molecule has 21 nitrogen and oxygen atoms in total. The van der Waals surface area contributed by atoms with Gasteiger partial charge in [-0.05, 0) is 67.6 Å². The molecule has 2 fully saturated rings. The van der Waals surface area contributed by atoms with E-state index in [9.17, 15) is 37.8 Å². The first-order chi connectivity index (χ1) is 26.8. The summed E-state index contributed by atoms with van der Waals surface area (Å²) < 4.78 is 50.9. The fourth-order valence-electron chi connectivity index (χ4n) is 6.19. The number of aromatic nitrogens is 6. The first kappa shape index (κ1) is 41.5. The van der Waals surface area contributed by atoms with E-state index in [1.807, 2.05) is 6.11 Å². The fraction of sp³-hybridized carbons (Fsp3) is 0.455. The van der Waals surface area contributed by atoms with Gasteiger partial charge in [-0.3, -0.25) is 18.7 Å². The number of hydrogen-bond donors (Lipinski definition) is 4. The van der Waals surface area contributed by atoms with Crippen molar-refractivity contribution in [2.75, 3.05) is 12.3 Å². The fourth-order valence-corrected chi connectivity index (χ4v) is 7.13. The number of piperidine rings is 1. The summed E-state index contributed by atoms with van der Waals surface area (Å²) >= 11 is 9.45. The highest BCUT2D eigenvalue weighted by atomic mass is 79.9.